The van der Waals surface area contributed by atoms with Crippen molar-refractivity contribution in [2.24, 2.45) is 17.8 Å². The van der Waals surface area contributed by atoms with Crippen LogP contribution in [-0.4, -0.2) is 59.0 Å². The van der Waals surface area contributed by atoms with Crippen molar-refractivity contribution in [2.75, 3.05) is 27.3 Å². The Morgan fingerprint density at radius 3 is 2.42 bits per heavy atom. The lowest BCUT2D eigenvalue weighted by Gasteiger charge is -2.45. The number of pyridine rings is 1. The summed E-state index contributed by atoms with van der Waals surface area (Å²) in [6, 6.07) is 1.64. The Morgan fingerprint density at radius 2 is 1.76 bits per heavy atom. The Morgan fingerprint density at radius 1 is 1.08 bits per heavy atom. The van der Waals surface area contributed by atoms with E-state index in [9.17, 15) is 14.7 Å². The average molecular weight is 524 g/mol. The van der Waals surface area contributed by atoms with Gasteiger partial charge in [0.1, 0.15) is 11.3 Å². The van der Waals surface area contributed by atoms with Crippen molar-refractivity contribution in [1.29, 1.82) is 0 Å². The quantitative estimate of drug-likeness (QED) is 0.451. The van der Waals surface area contributed by atoms with E-state index in [2.05, 4.69) is 24.0 Å². The third kappa shape index (κ3) is 4.30. The van der Waals surface area contributed by atoms with Gasteiger partial charge in [-0.25, -0.2) is 4.98 Å². The molecule has 5 rings (SSSR count). The molecule has 0 aromatic carbocycles. The summed E-state index contributed by atoms with van der Waals surface area (Å²) >= 11 is 0. The van der Waals surface area contributed by atoms with Gasteiger partial charge in [-0.15, -0.1) is 0 Å². The summed E-state index contributed by atoms with van der Waals surface area (Å²) in [6.45, 7) is 6.90. The summed E-state index contributed by atoms with van der Waals surface area (Å²) in [5.41, 5.74) is 2.66. The van der Waals surface area contributed by atoms with Gasteiger partial charge in [0, 0.05) is 11.3 Å². The van der Waals surface area contributed by atoms with Gasteiger partial charge < -0.3 is 19.1 Å². The van der Waals surface area contributed by atoms with Crippen molar-refractivity contribution in [3.8, 4) is 11.8 Å². The summed E-state index contributed by atoms with van der Waals surface area (Å²) < 4.78 is 17.5. The molecule has 1 N–H and O–H groups in total. The Bertz CT molecular complexity index is 1280. The first kappa shape index (κ1) is 26.4. The highest BCUT2D eigenvalue weighted by atomic mass is 16.5. The Balaban J connectivity index is 1.58. The number of aromatic nitrogens is 2. The Kier molecular flexibility index (Phi) is 7.31. The van der Waals surface area contributed by atoms with Crippen molar-refractivity contribution in [1.82, 2.24) is 15.0 Å². The monoisotopic (exact) mass is 523 g/mol. The highest BCUT2D eigenvalue weighted by Crippen LogP contribution is 2.54. The number of aliphatic hydroxyl groups is 1. The Labute approximate surface area is 223 Å². The lowest BCUT2D eigenvalue weighted by atomic mass is 9.61. The van der Waals surface area contributed by atoms with E-state index in [1.165, 1.54) is 0 Å². The van der Waals surface area contributed by atoms with Crippen LogP contribution in [0.2, 0.25) is 0 Å². The maximum absolute atomic E-state index is 13.9. The fourth-order valence-electron chi connectivity index (χ4n) is 6.31. The summed E-state index contributed by atoms with van der Waals surface area (Å²) in [4.78, 5) is 34.4. The zero-order chi connectivity index (χ0) is 27.1. The summed E-state index contributed by atoms with van der Waals surface area (Å²) in [5, 5.41) is 15.8. The number of ether oxygens (including phenoxy) is 2. The van der Waals surface area contributed by atoms with Crippen LogP contribution in [0.25, 0.3) is 0 Å². The number of carbonyl (C=O) groups is 2. The van der Waals surface area contributed by atoms with Gasteiger partial charge in [-0.05, 0) is 75.3 Å². The summed E-state index contributed by atoms with van der Waals surface area (Å²) in [5.74, 6) is -1.17. The SMILES string of the molecule is CCCCOc1nc(C)cc2c1C(=O)C1=C(O)C3C(=O)c4c(OCCCC)noc4[C@@H](N(C)C)C3CC1C2. The minimum absolute atomic E-state index is 0.148. The molecule has 9 nitrogen and oxygen atoms in total. The number of unbranched alkanes of at least 4 members (excludes halogenated alkanes) is 2. The third-order valence-electron chi connectivity index (χ3n) is 8.02. The number of hydrogen-bond acceptors (Lipinski definition) is 9. The molecule has 0 saturated carbocycles. The standard InChI is InChI=1S/C29H37N3O6/c1-6-8-10-36-28-20-16(12-15(3)30-28)13-17-14-18-21(25(34)19(17)24(20)33)26(35)22-27(23(18)32(4)5)38-31-29(22)37-11-9-7-2/h12,17-18,21,23,34H,6-11,13-14H2,1-5H3/t17?,18?,21?,23-/m0/s1. The molecule has 2 aromatic rings. The molecule has 38 heavy (non-hydrogen) atoms. The molecule has 2 aromatic heterocycles. The first-order valence-electron chi connectivity index (χ1n) is 13.7. The van der Waals surface area contributed by atoms with Crippen LogP contribution in [-0.2, 0) is 6.42 Å². The molecule has 3 aliphatic rings. The van der Waals surface area contributed by atoms with Gasteiger partial charge in [0.15, 0.2) is 17.3 Å². The largest absolute Gasteiger partial charge is 0.511 e. The number of rotatable bonds is 9. The first-order valence-corrected chi connectivity index (χ1v) is 13.7. The second kappa shape index (κ2) is 10.5. The van der Waals surface area contributed by atoms with Gasteiger partial charge in [0.25, 0.3) is 5.88 Å². The van der Waals surface area contributed by atoms with E-state index in [0.29, 0.717) is 48.8 Å². The number of fused-ring (bicyclic) bond motifs is 4. The van der Waals surface area contributed by atoms with Gasteiger partial charge in [-0.1, -0.05) is 26.7 Å². The molecule has 3 aliphatic carbocycles. The van der Waals surface area contributed by atoms with Gasteiger partial charge in [-0.3, -0.25) is 14.5 Å². The molecule has 4 atom stereocenters. The lowest BCUT2D eigenvalue weighted by molar-refractivity contribution is 0.0527. The summed E-state index contributed by atoms with van der Waals surface area (Å²) in [6.07, 6.45) is 4.70. The molecule has 0 bridgehead atoms. The van der Waals surface area contributed by atoms with Gasteiger partial charge in [-0.2, -0.15) is 0 Å². The average Bonchev–Trinajstić information content (AvgIpc) is 3.27. The summed E-state index contributed by atoms with van der Waals surface area (Å²) in [7, 11) is 3.85. The third-order valence-corrected chi connectivity index (χ3v) is 8.02. The van der Waals surface area contributed by atoms with Crippen molar-refractivity contribution in [2.45, 2.75) is 65.3 Å². The first-order chi connectivity index (χ1) is 18.3. The predicted molar refractivity (Wildman–Crippen MR) is 140 cm³/mol. The topological polar surface area (TPSA) is 115 Å². The van der Waals surface area contributed by atoms with Crippen molar-refractivity contribution in [3.63, 3.8) is 0 Å². The van der Waals surface area contributed by atoms with Gasteiger partial charge >= 0.3 is 0 Å². The number of ketones is 2. The highest BCUT2D eigenvalue weighted by molar-refractivity contribution is 6.14. The van der Waals surface area contributed by atoms with Crippen LogP contribution in [0, 0.1) is 24.7 Å². The van der Waals surface area contributed by atoms with E-state index in [1.54, 1.807) is 0 Å². The molecular formula is C29H37N3O6. The van der Waals surface area contributed by atoms with Crippen LogP contribution in [0.15, 0.2) is 21.9 Å². The van der Waals surface area contributed by atoms with Crippen LogP contribution in [0.1, 0.15) is 89.7 Å². The number of carbonyl (C=O) groups excluding carboxylic acids is 2. The number of nitrogens with zero attached hydrogens (tertiary/aromatic N) is 3. The maximum Gasteiger partial charge on any atom is 0.265 e. The molecule has 3 unspecified atom stereocenters. The van der Waals surface area contributed by atoms with E-state index in [-0.39, 0.29) is 46.6 Å². The van der Waals surface area contributed by atoms with Gasteiger partial charge in [0.05, 0.1) is 30.7 Å². The van der Waals surface area contributed by atoms with E-state index >= 15 is 0 Å². The molecule has 0 radical (unpaired) electrons. The van der Waals surface area contributed by atoms with Crippen molar-refractivity contribution in [3.05, 3.63) is 45.5 Å². The minimum atomic E-state index is -0.873. The molecule has 9 heteroatoms. The molecular weight excluding hydrogens is 486 g/mol. The molecule has 0 spiro atoms. The van der Waals surface area contributed by atoms with Crippen LogP contribution in [0.4, 0.5) is 0 Å². The van der Waals surface area contributed by atoms with Crippen molar-refractivity contribution < 1.29 is 28.7 Å². The fraction of sp³-hybridized carbons (Fsp3) is 0.586. The fourth-order valence-corrected chi connectivity index (χ4v) is 6.31. The number of hydrogen-bond donors (Lipinski definition) is 1. The van der Waals surface area contributed by atoms with E-state index in [0.717, 1.165) is 36.9 Å². The second-order valence-electron chi connectivity index (χ2n) is 10.9. The molecule has 204 valence electrons. The normalized spacial score (nSPS) is 24.2. The predicted octanol–water partition coefficient (Wildman–Crippen LogP) is 5.04. The number of aliphatic hydroxyl groups excluding tert-OH is 1. The Hall–Kier alpha value is -3.20. The highest BCUT2D eigenvalue weighted by Gasteiger charge is 2.55. The number of allylic oxidation sites excluding steroid dienone is 2. The number of Topliss-reactive ketones (excluding diaryl/α,β-unsaturated/α-hetero) is 2. The number of aryl methyl sites for hydroxylation is 1. The van der Waals surface area contributed by atoms with Crippen LogP contribution >= 0.6 is 0 Å². The molecule has 0 aliphatic heterocycles. The smallest absolute Gasteiger partial charge is 0.265 e. The van der Waals surface area contributed by atoms with Crippen LogP contribution < -0.4 is 9.47 Å². The lowest BCUT2D eigenvalue weighted by Crippen LogP contribution is -2.46. The molecule has 2 heterocycles. The van der Waals surface area contributed by atoms with Crippen molar-refractivity contribution >= 4 is 11.6 Å². The minimum Gasteiger partial charge on any atom is -0.511 e. The molecule has 0 fully saturated rings. The van der Waals surface area contributed by atoms with E-state index in [4.69, 9.17) is 14.0 Å². The maximum atomic E-state index is 13.9. The zero-order valence-corrected chi connectivity index (χ0v) is 22.9. The van der Waals surface area contributed by atoms with Gasteiger partial charge in [0.2, 0.25) is 5.88 Å². The van der Waals surface area contributed by atoms with E-state index in [1.807, 2.05) is 32.0 Å². The van der Waals surface area contributed by atoms with Crippen LogP contribution in [0.3, 0.4) is 0 Å². The van der Waals surface area contributed by atoms with Crippen LogP contribution in [0.5, 0.6) is 11.8 Å². The molecule has 0 amide bonds. The second-order valence-corrected chi connectivity index (χ2v) is 10.9. The van der Waals surface area contributed by atoms with E-state index < -0.39 is 5.92 Å². The molecule has 0 saturated heterocycles. The zero-order valence-electron chi connectivity index (χ0n) is 22.9.